The minimum Gasteiger partial charge on any atom is -0.266 e. The minimum atomic E-state index is 0.895. The zero-order valence-corrected chi connectivity index (χ0v) is 13.8. The summed E-state index contributed by atoms with van der Waals surface area (Å²) in [4.78, 5) is 0.895. The molecule has 4 rings (SSSR count). The van der Waals surface area contributed by atoms with Crippen LogP contribution in [-0.2, 0) is 7.05 Å². The van der Waals surface area contributed by atoms with Crippen LogP contribution < -0.4 is 4.40 Å². The molecule has 3 heterocycles. The lowest BCUT2D eigenvalue weighted by molar-refractivity contribution is -0.477. The number of thiazole rings is 1. The molecule has 5 nitrogen and oxygen atoms in total. The molecular weight excluding hydrogens is 294 g/mol. The van der Waals surface area contributed by atoms with Gasteiger partial charge >= 0.3 is 4.96 Å². The van der Waals surface area contributed by atoms with E-state index in [1.54, 1.807) is 17.7 Å². The van der Waals surface area contributed by atoms with Crippen LogP contribution in [0.15, 0.2) is 24.7 Å². The second kappa shape index (κ2) is 4.58. The highest BCUT2D eigenvalue weighted by molar-refractivity contribution is 7.23. The Kier molecular flexibility index (Phi) is 2.77. The lowest BCUT2D eigenvalue weighted by Crippen LogP contribution is -2.16. The minimum absolute atomic E-state index is 0.895. The van der Waals surface area contributed by atoms with E-state index in [0.29, 0.717) is 0 Å². The van der Waals surface area contributed by atoms with Crippen LogP contribution in [0.3, 0.4) is 0 Å². The molecule has 0 saturated heterocycles. The summed E-state index contributed by atoms with van der Waals surface area (Å²) < 4.78 is 5.14. The molecule has 4 aromatic rings. The predicted molar refractivity (Wildman–Crippen MR) is 87.0 cm³/mol. The predicted octanol–water partition coefficient (Wildman–Crippen LogP) is 2.76. The first kappa shape index (κ1) is 13.3. The van der Waals surface area contributed by atoms with Crippen molar-refractivity contribution in [3.8, 4) is 11.3 Å². The number of nitrogens with zero attached hydrogens (tertiary/aromatic N) is 5. The molecule has 0 spiro atoms. The number of benzene rings is 1. The van der Waals surface area contributed by atoms with Gasteiger partial charge in [-0.1, -0.05) is 23.0 Å². The summed E-state index contributed by atoms with van der Waals surface area (Å²) in [5.41, 5.74) is 7.28. The lowest BCUT2D eigenvalue weighted by Gasteiger charge is -2.14. The van der Waals surface area contributed by atoms with Crippen molar-refractivity contribution in [2.75, 3.05) is 0 Å². The van der Waals surface area contributed by atoms with Crippen LogP contribution in [0.4, 0.5) is 0 Å². The van der Waals surface area contributed by atoms with Crippen LogP contribution in [0.25, 0.3) is 26.4 Å². The molecule has 0 aliphatic heterocycles. The fraction of sp³-hybridized carbons (Fsp3) is 0.250. The van der Waals surface area contributed by atoms with E-state index in [0.717, 1.165) is 16.2 Å². The number of fused-ring (bicyclic) bond motifs is 3. The molecule has 0 fully saturated rings. The SMILES string of the molecule is Cc1cc(C)c(C)c(-c2c3sc4nnc[n+]4c3cnn2C)c1. The molecule has 0 aliphatic rings. The van der Waals surface area contributed by atoms with Crippen LogP contribution in [0.2, 0.25) is 0 Å². The molecule has 1 aromatic carbocycles. The molecule has 22 heavy (non-hydrogen) atoms. The molecule has 0 N–H and O–H groups in total. The zero-order chi connectivity index (χ0) is 15.4. The molecular formula is C16H16N5S+. The normalized spacial score (nSPS) is 11.6. The maximum atomic E-state index is 4.53. The van der Waals surface area contributed by atoms with Gasteiger partial charge in [-0.3, -0.25) is 4.68 Å². The van der Waals surface area contributed by atoms with Crippen molar-refractivity contribution in [1.29, 1.82) is 0 Å². The summed E-state index contributed by atoms with van der Waals surface area (Å²) in [6, 6.07) is 4.46. The average molecular weight is 310 g/mol. The molecule has 3 aromatic heterocycles. The first-order chi connectivity index (χ1) is 10.6. The largest absolute Gasteiger partial charge is 0.368 e. The first-order valence-corrected chi connectivity index (χ1v) is 7.93. The fourth-order valence-corrected chi connectivity index (χ4v) is 4.04. The van der Waals surface area contributed by atoms with Gasteiger partial charge < -0.3 is 0 Å². The Morgan fingerprint density at radius 3 is 2.82 bits per heavy atom. The van der Waals surface area contributed by atoms with Gasteiger partial charge in [0, 0.05) is 12.6 Å². The van der Waals surface area contributed by atoms with Crippen LogP contribution in [0.1, 0.15) is 16.7 Å². The van der Waals surface area contributed by atoms with Crippen molar-refractivity contribution in [3.63, 3.8) is 0 Å². The van der Waals surface area contributed by atoms with Gasteiger partial charge in [-0.05, 0) is 38.0 Å². The third-order valence-corrected chi connectivity index (χ3v) is 5.23. The Labute approximate surface area is 131 Å². The van der Waals surface area contributed by atoms with Gasteiger partial charge in [0.25, 0.3) is 6.33 Å². The third kappa shape index (κ3) is 1.77. The second-order valence-corrected chi connectivity index (χ2v) is 6.65. The molecule has 0 bridgehead atoms. The van der Waals surface area contributed by atoms with Gasteiger partial charge in [0.15, 0.2) is 0 Å². The third-order valence-electron chi connectivity index (χ3n) is 4.16. The van der Waals surface area contributed by atoms with E-state index < -0.39 is 0 Å². The van der Waals surface area contributed by atoms with Gasteiger partial charge in [0.1, 0.15) is 10.2 Å². The molecule has 0 radical (unpaired) electrons. The van der Waals surface area contributed by atoms with E-state index in [4.69, 9.17) is 0 Å². The number of aryl methyl sites for hydroxylation is 3. The Morgan fingerprint density at radius 2 is 2.00 bits per heavy atom. The molecule has 0 aliphatic carbocycles. The van der Waals surface area contributed by atoms with Crippen LogP contribution in [-0.4, -0.2) is 20.0 Å². The van der Waals surface area contributed by atoms with E-state index in [9.17, 15) is 0 Å². The molecule has 0 amide bonds. The standard InChI is InChI=1S/C16H16N5S/c1-9-5-10(2)11(3)12(6-9)14-15-13(7-18-20(14)4)21-8-17-19-16(21)22-15/h5-8H,1-4H3/q+1. The number of aromatic nitrogens is 5. The molecule has 110 valence electrons. The summed E-state index contributed by atoms with van der Waals surface area (Å²) in [6.07, 6.45) is 3.62. The Balaban J connectivity index is 2.16. The highest BCUT2D eigenvalue weighted by Crippen LogP contribution is 2.34. The smallest absolute Gasteiger partial charge is 0.266 e. The van der Waals surface area contributed by atoms with Crippen molar-refractivity contribution in [3.05, 3.63) is 41.3 Å². The van der Waals surface area contributed by atoms with E-state index in [2.05, 4.69) is 48.2 Å². The quantitative estimate of drug-likeness (QED) is 0.508. The molecule has 0 unspecified atom stereocenters. The van der Waals surface area contributed by atoms with Crippen molar-refractivity contribution in [2.45, 2.75) is 20.8 Å². The highest BCUT2D eigenvalue weighted by atomic mass is 32.1. The van der Waals surface area contributed by atoms with Gasteiger partial charge in [0.05, 0.1) is 22.1 Å². The maximum Gasteiger partial charge on any atom is 0.368 e. The fourth-order valence-electron chi connectivity index (χ4n) is 2.93. The summed E-state index contributed by atoms with van der Waals surface area (Å²) in [7, 11) is 1.99. The summed E-state index contributed by atoms with van der Waals surface area (Å²) in [6.45, 7) is 6.46. The van der Waals surface area contributed by atoms with E-state index in [1.807, 2.05) is 22.3 Å². The van der Waals surface area contributed by atoms with Gasteiger partial charge in [0.2, 0.25) is 0 Å². The van der Waals surface area contributed by atoms with Crippen LogP contribution in [0.5, 0.6) is 0 Å². The molecule has 0 saturated carbocycles. The Morgan fingerprint density at radius 1 is 1.18 bits per heavy atom. The van der Waals surface area contributed by atoms with Crippen molar-refractivity contribution < 1.29 is 4.40 Å². The lowest BCUT2D eigenvalue weighted by atomic mass is 9.97. The van der Waals surface area contributed by atoms with Gasteiger partial charge in [-0.25, -0.2) is 0 Å². The van der Waals surface area contributed by atoms with Crippen molar-refractivity contribution in [2.24, 2.45) is 7.05 Å². The van der Waals surface area contributed by atoms with Crippen LogP contribution >= 0.6 is 11.3 Å². The summed E-state index contributed by atoms with van der Waals surface area (Å²) in [5.74, 6) is 0. The Hall–Kier alpha value is -2.34. The number of rotatable bonds is 1. The second-order valence-electron chi connectivity index (χ2n) is 5.67. The number of hydrogen-bond acceptors (Lipinski definition) is 4. The topological polar surface area (TPSA) is 47.7 Å². The number of hydrogen-bond donors (Lipinski definition) is 0. The van der Waals surface area contributed by atoms with Crippen LogP contribution in [0, 0.1) is 20.8 Å². The van der Waals surface area contributed by atoms with E-state index >= 15 is 0 Å². The maximum absolute atomic E-state index is 4.53. The van der Waals surface area contributed by atoms with Crippen molar-refractivity contribution >= 4 is 26.5 Å². The Bertz CT molecular complexity index is 1030. The zero-order valence-electron chi connectivity index (χ0n) is 13.0. The van der Waals surface area contributed by atoms with Crippen molar-refractivity contribution in [1.82, 2.24) is 20.0 Å². The summed E-state index contributed by atoms with van der Waals surface area (Å²) in [5, 5.41) is 12.7. The molecule has 0 atom stereocenters. The molecule has 6 heteroatoms. The summed E-state index contributed by atoms with van der Waals surface area (Å²) >= 11 is 1.65. The van der Waals surface area contributed by atoms with E-state index in [-0.39, 0.29) is 0 Å². The van der Waals surface area contributed by atoms with Gasteiger partial charge in [-0.2, -0.15) is 9.50 Å². The average Bonchev–Trinajstić information content (AvgIpc) is 3.03. The van der Waals surface area contributed by atoms with Gasteiger partial charge in [-0.15, -0.1) is 0 Å². The van der Waals surface area contributed by atoms with E-state index in [1.165, 1.54) is 27.0 Å². The first-order valence-electron chi connectivity index (χ1n) is 7.12. The monoisotopic (exact) mass is 310 g/mol. The highest BCUT2D eigenvalue weighted by Gasteiger charge is 2.20.